The van der Waals surface area contributed by atoms with Crippen LogP contribution in [0.15, 0.2) is 34.8 Å². The zero-order valence-electron chi connectivity index (χ0n) is 12.0. The molecule has 0 spiro atoms. The Morgan fingerprint density at radius 1 is 1.29 bits per heavy atom. The standard InChI is InChI=1S/C16H18BrN3O/c1-2-8-18-14-10-15(20-16(19-14)11-6-7-11)21-13-5-3-4-12(17)9-13/h3-5,9-11H,2,6-8H2,1H3,(H,18,19,20). The number of ether oxygens (including phenoxy) is 1. The van der Waals surface area contributed by atoms with E-state index < -0.39 is 0 Å². The number of aromatic nitrogens is 2. The van der Waals surface area contributed by atoms with Gasteiger partial charge < -0.3 is 10.1 Å². The zero-order valence-corrected chi connectivity index (χ0v) is 13.6. The zero-order chi connectivity index (χ0) is 14.7. The van der Waals surface area contributed by atoms with Crippen molar-refractivity contribution in [3.8, 4) is 11.6 Å². The molecule has 1 aromatic heterocycles. The molecule has 1 aliphatic rings. The Bertz CT molecular complexity index is 629. The van der Waals surface area contributed by atoms with Crippen LogP contribution in [0, 0.1) is 0 Å². The van der Waals surface area contributed by atoms with E-state index in [-0.39, 0.29) is 0 Å². The Morgan fingerprint density at radius 3 is 2.86 bits per heavy atom. The maximum atomic E-state index is 5.88. The summed E-state index contributed by atoms with van der Waals surface area (Å²) in [4.78, 5) is 9.12. The van der Waals surface area contributed by atoms with Gasteiger partial charge in [-0.05, 0) is 37.5 Å². The van der Waals surface area contributed by atoms with Gasteiger partial charge in [-0.2, -0.15) is 4.98 Å². The lowest BCUT2D eigenvalue weighted by Gasteiger charge is -2.10. The maximum Gasteiger partial charge on any atom is 0.224 e. The van der Waals surface area contributed by atoms with Crippen LogP contribution in [0.3, 0.4) is 0 Å². The first-order chi connectivity index (χ1) is 10.2. The van der Waals surface area contributed by atoms with Crippen molar-refractivity contribution in [2.45, 2.75) is 32.1 Å². The van der Waals surface area contributed by atoms with E-state index in [0.29, 0.717) is 11.8 Å². The molecule has 2 aromatic rings. The van der Waals surface area contributed by atoms with E-state index >= 15 is 0 Å². The number of benzene rings is 1. The summed E-state index contributed by atoms with van der Waals surface area (Å²) in [5, 5.41) is 3.31. The van der Waals surface area contributed by atoms with E-state index in [9.17, 15) is 0 Å². The average molecular weight is 348 g/mol. The van der Waals surface area contributed by atoms with E-state index in [0.717, 1.165) is 34.8 Å². The van der Waals surface area contributed by atoms with Crippen LogP contribution in [-0.4, -0.2) is 16.5 Å². The molecule has 1 aromatic carbocycles. The SMILES string of the molecule is CCCNc1cc(Oc2cccc(Br)c2)nc(C2CC2)n1. The third-order valence-electron chi connectivity index (χ3n) is 3.24. The van der Waals surface area contributed by atoms with Gasteiger partial charge in [0.05, 0.1) is 0 Å². The van der Waals surface area contributed by atoms with Gasteiger partial charge in [-0.1, -0.05) is 28.9 Å². The van der Waals surface area contributed by atoms with Gasteiger partial charge in [0, 0.05) is 23.0 Å². The molecule has 0 bridgehead atoms. The Kier molecular flexibility index (Phi) is 4.39. The molecule has 1 heterocycles. The lowest BCUT2D eigenvalue weighted by atomic mass is 10.3. The second-order valence-electron chi connectivity index (χ2n) is 5.21. The summed E-state index contributed by atoms with van der Waals surface area (Å²) in [6.45, 7) is 3.03. The fourth-order valence-electron chi connectivity index (χ4n) is 2.01. The highest BCUT2D eigenvalue weighted by molar-refractivity contribution is 9.10. The van der Waals surface area contributed by atoms with Crippen LogP contribution >= 0.6 is 15.9 Å². The van der Waals surface area contributed by atoms with Crippen LogP contribution in [0.25, 0.3) is 0 Å². The predicted octanol–water partition coefficient (Wildman–Crippen LogP) is 4.73. The molecule has 4 nitrogen and oxygen atoms in total. The largest absolute Gasteiger partial charge is 0.439 e. The van der Waals surface area contributed by atoms with E-state index in [1.165, 1.54) is 12.8 Å². The molecule has 21 heavy (non-hydrogen) atoms. The topological polar surface area (TPSA) is 47.0 Å². The first-order valence-corrected chi connectivity index (χ1v) is 8.10. The van der Waals surface area contributed by atoms with E-state index in [1.807, 2.05) is 30.3 Å². The van der Waals surface area contributed by atoms with Crippen LogP contribution in [0.2, 0.25) is 0 Å². The molecule has 0 unspecified atom stereocenters. The van der Waals surface area contributed by atoms with Crippen molar-refractivity contribution in [2.24, 2.45) is 0 Å². The van der Waals surface area contributed by atoms with Crippen LogP contribution in [-0.2, 0) is 0 Å². The maximum absolute atomic E-state index is 5.88. The number of rotatable bonds is 6. The lowest BCUT2D eigenvalue weighted by molar-refractivity contribution is 0.458. The minimum atomic E-state index is 0.498. The summed E-state index contributed by atoms with van der Waals surface area (Å²) >= 11 is 3.45. The second kappa shape index (κ2) is 6.43. The van der Waals surface area contributed by atoms with Gasteiger partial charge in [-0.15, -0.1) is 0 Å². The molecule has 1 N–H and O–H groups in total. The van der Waals surface area contributed by atoms with Gasteiger partial charge in [0.1, 0.15) is 17.4 Å². The molecule has 3 rings (SSSR count). The highest BCUT2D eigenvalue weighted by Crippen LogP contribution is 2.39. The van der Waals surface area contributed by atoms with Gasteiger partial charge in [-0.25, -0.2) is 4.98 Å². The number of halogens is 1. The smallest absolute Gasteiger partial charge is 0.224 e. The number of hydrogen-bond acceptors (Lipinski definition) is 4. The van der Waals surface area contributed by atoms with E-state index in [1.54, 1.807) is 0 Å². The number of nitrogens with one attached hydrogen (secondary N) is 1. The summed E-state index contributed by atoms with van der Waals surface area (Å²) in [5.74, 6) is 3.60. The number of hydrogen-bond donors (Lipinski definition) is 1. The number of nitrogens with zero attached hydrogens (tertiary/aromatic N) is 2. The summed E-state index contributed by atoms with van der Waals surface area (Å²) in [6.07, 6.45) is 3.41. The van der Waals surface area contributed by atoms with Crippen molar-refractivity contribution in [3.63, 3.8) is 0 Å². The van der Waals surface area contributed by atoms with Gasteiger partial charge in [0.25, 0.3) is 0 Å². The minimum absolute atomic E-state index is 0.498. The third kappa shape index (κ3) is 3.94. The molecule has 1 saturated carbocycles. The summed E-state index contributed by atoms with van der Waals surface area (Å²) in [5.41, 5.74) is 0. The lowest BCUT2D eigenvalue weighted by Crippen LogP contribution is -2.05. The Labute approximate surface area is 133 Å². The minimum Gasteiger partial charge on any atom is -0.439 e. The monoisotopic (exact) mass is 347 g/mol. The highest BCUT2D eigenvalue weighted by atomic mass is 79.9. The summed E-state index contributed by atoms with van der Waals surface area (Å²) in [7, 11) is 0. The predicted molar refractivity (Wildman–Crippen MR) is 87.0 cm³/mol. The van der Waals surface area contributed by atoms with Crippen molar-refractivity contribution in [1.82, 2.24) is 9.97 Å². The molecule has 110 valence electrons. The van der Waals surface area contributed by atoms with Crippen molar-refractivity contribution >= 4 is 21.7 Å². The molecular weight excluding hydrogens is 330 g/mol. The molecule has 0 atom stereocenters. The van der Waals surface area contributed by atoms with Gasteiger partial charge in [0.2, 0.25) is 5.88 Å². The Balaban J connectivity index is 1.84. The molecule has 0 radical (unpaired) electrons. The fourth-order valence-corrected chi connectivity index (χ4v) is 2.39. The molecule has 1 aliphatic carbocycles. The van der Waals surface area contributed by atoms with Gasteiger partial charge in [-0.3, -0.25) is 0 Å². The van der Waals surface area contributed by atoms with Crippen molar-refractivity contribution in [3.05, 3.63) is 40.6 Å². The fraction of sp³-hybridized carbons (Fsp3) is 0.375. The van der Waals surface area contributed by atoms with Gasteiger partial charge in [0.15, 0.2) is 0 Å². The van der Waals surface area contributed by atoms with Crippen molar-refractivity contribution in [2.75, 3.05) is 11.9 Å². The first-order valence-electron chi connectivity index (χ1n) is 7.31. The number of anilines is 1. The average Bonchev–Trinajstić information content (AvgIpc) is 3.29. The molecule has 0 aliphatic heterocycles. The van der Waals surface area contributed by atoms with E-state index in [4.69, 9.17) is 4.74 Å². The normalized spacial score (nSPS) is 14.0. The van der Waals surface area contributed by atoms with Crippen molar-refractivity contribution < 1.29 is 4.74 Å². The Hall–Kier alpha value is -1.62. The quantitative estimate of drug-likeness (QED) is 0.820. The van der Waals surface area contributed by atoms with Crippen LogP contribution in [0.1, 0.15) is 37.9 Å². The molecule has 0 saturated heterocycles. The molecule has 0 amide bonds. The highest BCUT2D eigenvalue weighted by Gasteiger charge is 2.27. The molecule has 5 heteroatoms. The summed E-state index contributed by atoms with van der Waals surface area (Å²) < 4.78 is 6.86. The summed E-state index contributed by atoms with van der Waals surface area (Å²) in [6, 6.07) is 9.62. The second-order valence-corrected chi connectivity index (χ2v) is 6.13. The van der Waals surface area contributed by atoms with Crippen LogP contribution in [0.5, 0.6) is 11.6 Å². The molecular formula is C16H18BrN3O. The van der Waals surface area contributed by atoms with Gasteiger partial charge >= 0.3 is 0 Å². The van der Waals surface area contributed by atoms with Crippen molar-refractivity contribution in [1.29, 1.82) is 0 Å². The molecule has 1 fully saturated rings. The third-order valence-corrected chi connectivity index (χ3v) is 3.73. The van der Waals surface area contributed by atoms with Crippen LogP contribution < -0.4 is 10.1 Å². The first kappa shape index (κ1) is 14.3. The Morgan fingerprint density at radius 2 is 2.14 bits per heavy atom. The van der Waals surface area contributed by atoms with E-state index in [2.05, 4.69) is 38.1 Å². The van der Waals surface area contributed by atoms with Crippen LogP contribution in [0.4, 0.5) is 5.82 Å².